The first-order valence-corrected chi connectivity index (χ1v) is 8.44. The Morgan fingerprint density at radius 3 is 2.29 bits per heavy atom. The minimum atomic E-state index is -3.37. The monoisotopic (exact) mass is 331 g/mol. The molecule has 1 fully saturated rings. The van der Waals surface area contributed by atoms with Gasteiger partial charge in [0.2, 0.25) is 0 Å². The number of piperazine rings is 1. The first kappa shape index (κ1) is 16.4. The molecule has 0 spiro atoms. The van der Waals surface area contributed by atoms with E-state index in [4.69, 9.17) is 11.6 Å². The summed E-state index contributed by atoms with van der Waals surface area (Å²) < 4.78 is 27.0. The van der Waals surface area contributed by atoms with Crippen LogP contribution in [0.4, 0.5) is 0 Å². The van der Waals surface area contributed by atoms with Crippen molar-refractivity contribution in [2.75, 3.05) is 39.8 Å². The van der Waals surface area contributed by atoms with Crippen LogP contribution in [0.2, 0.25) is 5.02 Å². The molecule has 1 N–H and O–H groups in total. The van der Waals surface area contributed by atoms with Crippen LogP contribution in [0, 0.1) is 0 Å². The Kier molecular flexibility index (Phi) is 5.34. The Labute approximate surface area is 129 Å². The fraction of sp³-hybridized carbons (Fsp3) is 0.462. The minimum Gasteiger partial charge on any atom is -0.293 e. The second kappa shape index (κ2) is 6.85. The highest BCUT2D eigenvalue weighted by molar-refractivity contribution is 7.87. The molecule has 0 unspecified atom stereocenters. The molecular weight excluding hydrogens is 314 g/mol. The maximum atomic E-state index is 12.1. The molecule has 0 bridgehead atoms. The molecule has 21 heavy (non-hydrogen) atoms. The predicted octanol–water partition coefficient (Wildman–Crippen LogP) is 0.605. The van der Waals surface area contributed by atoms with Crippen LogP contribution >= 0.6 is 11.6 Å². The van der Waals surface area contributed by atoms with Gasteiger partial charge in [0, 0.05) is 43.8 Å². The number of nitrogens with one attached hydrogen (secondary N) is 1. The number of halogens is 1. The van der Waals surface area contributed by atoms with Gasteiger partial charge in [-0.05, 0) is 24.3 Å². The van der Waals surface area contributed by atoms with E-state index in [0.717, 1.165) is 0 Å². The fourth-order valence-corrected chi connectivity index (χ4v) is 3.22. The van der Waals surface area contributed by atoms with E-state index < -0.39 is 10.2 Å². The van der Waals surface area contributed by atoms with Gasteiger partial charge in [0.25, 0.3) is 10.2 Å². The second-order valence-corrected chi connectivity index (χ2v) is 7.13. The Morgan fingerprint density at radius 1 is 1.19 bits per heavy atom. The van der Waals surface area contributed by atoms with Crippen LogP contribution in [0.1, 0.15) is 10.4 Å². The van der Waals surface area contributed by atoms with Gasteiger partial charge in [-0.1, -0.05) is 11.6 Å². The van der Waals surface area contributed by atoms with Gasteiger partial charge in [0.05, 0.1) is 6.54 Å². The Balaban J connectivity index is 1.89. The quantitative estimate of drug-likeness (QED) is 0.802. The lowest BCUT2D eigenvalue weighted by Gasteiger charge is -2.33. The molecule has 1 aliphatic heterocycles. The zero-order valence-corrected chi connectivity index (χ0v) is 13.3. The molecule has 0 saturated carbocycles. The van der Waals surface area contributed by atoms with Crippen molar-refractivity contribution in [1.82, 2.24) is 13.9 Å². The molecule has 2 rings (SSSR count). The highest BCUT2D eigenvalue weighted by Gasteiger charge is 2.26. The van der Waals surface area contributed by atoms with Crippen molar-refractivity contribution >= 4 is 27.6 Å². The predicted molar refractivity (Wildman–Crippen MR) is 81.8 cm³/mol. The van der Waals surface area contributed by atoms with Crippen molar-refractivity contribution in [2.24, 2.45) is 0 Å². The molecule has 0 aliphatic carbocycles. The molecule has 0 amide bonds. The summed E-state index contributed by atoms with van der Waals surface area (Å²) in [7, 11) is -1.98. The van der Waals surface area contributed by atoms with Crippen LogP contribution in [-0.2, 0) is 10.2 Å². The minimum absolute atomic E-state index is 0.0107. The molecule has 8 heteroatoms. The van der Waals surface area contributed by atoms with Gasteiger partial charge in [-0.2, -0.15) is 12.7 Å². The molecule has 1 aromatic rings. The summed E-state index contributed by atoms with van der Waals surface area (Å²) in [4.78, 5) is 14.1. The molecule has 1 aliphatic rings. The van der Waals surface area contributed by atoms with Crippen molar-refractivity contribution in [3.05, 3.63) is 34.9 Å². The van der Waals surface area contributed by atoms with Crippen LogP contribution in [0.3, 0.4) is 0 Å². The smallest absolute Gasteiger partial charge is 0.279 e. The van der Waals surface area contributed by atoms with Gasteiger partial charge in [-0.3, -0.25) is 9.69 Å². The number of benzene rings is 1. The Bertz CT molecular complexity index is 596. The third kappa shape index (κ3) is 4.24. The lowest BCUT2D eigenvalue weighted by Crippen LogP contribution is -2.52. The summed E-state index contributed by atoms with van der Waals surface area (Å²) in [6.45, 7) is 2.14. The van der Waals surface area contributed by atoms with Gasteiger partial charge >= 0.3 is 0 Å². The molecule has 1 saturated heterocycles. The standard InChI is InChI=1S/C13H18ClN3O3S/c1-15-21(19,20)17-8-6-16(7-9-17)10-13(18)11-2-4-12(14)5-3-11/h2-5,15H,6-10H2,1H3. The van der Waals surface area contributed by atoms with E-state index in [2.05, 4.69) is 4.72 Å². The number of carbonyl (C=O) groups is 1. The van der Waals surface area contributed by atoms with Crippen molar-refractivity contribution in [3.8, 4) is 0 Å². The van der Waals surface area contributed by atoms with Crippen LogP contribution < -0.4 is 4.72 Å². The highest BCUT2D eigenvalue weighted by atomic mass is 35.5. The van der Waals surface area contributed by atoms with Gasteiger partial charge in [0.15, 0.2) is 5.78 Å². The highest BCUT2D eigenvalue weighted by Crippen LogP contribution is 2.11. The van der Waals surface area contributed by atoms with E-state index in [-0.39, 0.29) is 12.3 Å². The molecular formula is C13H18ClN3O3S. The van der Waals surface area contributed by atoms with Crippen LogP contribution in [0.5, 0.6) is 0 Å². The SMILES string of the molecule is CNS(=O)(=O)N1CCN(CC(=O)c2ccc(Cl)cc2)CC1. The zero-order valence-electron chi connectivity index (χ0n) is 11.8. The molecule has 6 nitrogen and oxygen atoms in total. The van der Waals surface area contributed by atoms with E-state index in [1.54, 1.807) is 24.3 Å². The summed E-state index contributed by atoms with van der Waals surface area (Å²) in [6, 6.07) is 6.77. The zero-order chi connectivity index (χ0) is 15.5. The van der Waals surface area contributed by atoms with Crippen molar-refractivity contribution < 1.29 is 13.2 Å². The van der Waals surface area contributed by atoms with E-state index in [9.17, 15) is 13.2 Å². The molecule has 0 aromatic heterocycles. The van der Waals surface area contributed by atoms with Crippen LogP contribution in [0.25, 0.3) is 0 Å². The lowest BCUT2D eigenvalue weighted by atomic mass is 10.1. The molecule has 116 valence electrons. The fourth-order valence-electron chi connectivity index (χ4n) is 2.19. The van der Waals surface area contributed by atoms with Gasteiger partial charge in [0.1, 0.15) is 0 Å². The maximum absolute atomic E-state index is 12.1. The lowest BCUT2D eigenvalue weighted by molar-refractivity contribution is 0.0901. The number of carbonyl (C=O) groups excluding carboxylic acids is 1. The molecule has 1 heterocycles. The average molecular weight is 332 g/mol. The normalized spacial score (nSPS) is 17.8. The summed E-state index contributed by atoms with van der Waals surface area (Å²) in [5.74, 6) is 0.0107. The van der Waals surface area contributed by atoms with Gasteiger partial charge in [-0.15, -0.1) is 0 Å². The largest absolute Gasteiger partial charge is 0.293 e. The van der Waals surface area contributed by atoms with Crippen LogP contribution in [0.15, 0.2) is 24.3 Å². The van der Waals surface area contributed by atoms with E-state index in [1.807, 2.05) is 4.90 Å². The summed E-state index contributed by atoms with van der Waals surface area (Å²) in [5, 5.41) is 0.595. The van der Waals surface area contributed by atoms with Gasteiger partial charge < -0.3 is 0 Å². The average Bonchev–Trinajstić information content (AvgIpc) is 2.48. The third-order valence-corrected chi connectivity index (χ3v) is 5.28. The number of ketones is 1. The summed E-state index contributed by atoms with van der Waals surface area (Å²) >= 11 is 5.79. The van der Waals surface area contributed by atoms with Gasteiger partial charge in [-0.25, -0.2) is 4.72 Å². The Hall–Kier alpha value is -0.990. The van der Waals surface area contributed by atoms with E-state index in [0.29, 0.717) is 36.8 Å². The first-order valence-electron chi connectivity index (χ1n) is 6.62. The number of nitrogens with zero attached hydrogens (tertiary/aromatic N) is 2. The first-order chi connectivity index (χ1) is 9.92. The molecule has 0 atom stereocenters. The summed E-state index contributed by atoms with van der Waals surface area (Å²) in [6.07, 6.45) is 0. The van der Waals surface area contributed by atoms with Crippen molar-refractivity contribution in [1.29, 1.82) is 0 Å². The molecule has 1 aromatic carbocycles. The topological polar surface area (TPSA) is 69.7 Å². The number of Topliss-reactive ketones (excluding diaryl/α,β-unsaturated/α-hetero) is 1. The third-order valence-electron chi connectivity index (χ3n) is 3.46. The number of hydrogen-bond donors (Lipinski definition) is 1. The summed E-state index contributed by atoms with van der Waals surface area (Å²) in [5.41, 5.74) is 0.615. The maximum Gasteiger partial charge on any atom is 0.279 e. The van der Waals surface area contributed by atoms with Crippen molar-refractivity contribution in [3.63, 3.8) is 0 Å². The van der Waals surface area contributed by atoms with Crippen LogP contribution in [-0.4, -0.2) is 63.2 Å². The van der Waals surface area contributed by atoms with Crippen molar-refractivity contribution in [2.45, 2.75) is 0 Å². The molecule has 0 radical (unpaired) electrons. The number of rotatable bonds is 5. The Morgan fingerprint density at radius 2 is 1.76 bits per heavy atom. The van der Waals surface area contributed by atoms with E-state index >= 15 is 0 Å². The number of hydrogen-bond acceptors (Lipinski definition) is 4. The second-order valence-electron chi connectivity index (χ2n) is 4.81. The van der Waals surface area contributed by atoms with E-state index in [1.165, 1.54) is 11.4 Å².